The molecule has 1 heterocycles. The summed E-state index contributed by atoms with van der Waals surface area (Å²) in [6.07, 6.45) is 0.259. The molecule has 1 N–H and O–H groups in total. The SMILES string of the molecule is CCOC(=O)C1=COc2ccccc2[C@@H]1O. The van der Waals surface area contributed by atoms with Gasteiger partial charge in [0, 0.05) is 5.56 Å². The van der Waals surface area contributed by atoms with E-state index in [9.17, 15) is 9.90 Å². The van der Waals surface area contributed by atoms with Gasteiger partial charge in [0.2, 0.25) is 0 Å². The second kappa shape index (κ2) is 4.37. The number of aliphatic hydroxyl groups excluding tert-OH is 1. The maximum Gasteiger partial charge on any atom is 0.340 e. The molecule has 0 radical (unpaired) electrons. The Morgan fingerprint density at radius 1 is 1.50 bits per heavy atom. The zero-order valence-corrected chi connectivity index (χ0v) is 8.84. The molecule has 0 saturated carbocycles. The number of benzene rings is 1. The van der Waals surface area contributed by atoms with Crippen molar-refractivity contribution in [2.75, 3.05) is 6.61 Å². The number of ether oxygens (including phenoxy) is 2. The third-order valence-corrected chi connectivity index (χ3v) is 2.33. The molecule has 4 heteroatoms. The Morgan fingerprint density at radius 3 is 3.00 bits per heavy atom. The predicted molar refractivity (Wildman–Crippen MR) is 56.7 cm³/mol. The normalized spacial score (nSPS) is 18.1. The van der Waals surface area contributed by atoms with Crippen LogP contribution in [-0.4, -0.2) is 17.7 Å². The fraction of sp³-hybridized carbons (Fsp3) is 0.250. The first-order valence-corrected chi connectivity index (χ1v) is 5.05. The van der Waals surface area contributed by atoms with Crippen molar-refractivity contribution in [2.24, 2.45) is 0 Å². The highest BCUT2D eigenvalue weighted by Crippen LogP contribution is 2.34. The lowest BCUT2D eigenvalue weighted by molar-refractivity contribution is -0.140. The molecule has 2 rings (SSSR count). The van der Waals surface area contributed by atoms with Gasteiger partial charge in [-0.1, -0.05) is 18.2 Å². The molecular weight excluding hydrogens is 208 g/mol. The lowest BCUT2D eigenvalue weighted by Crippen LogP contribution is -2.19. The van der Waals surface area contributed by atoms with E-state index in [-0.39, 0.29) is 12.2 Å². The molecule has 1 atom stereocenters. The van der Waals surface area contributed by atoms with E-state index >= 15 is 0 Å². The topological polar surface area (TPSA) is 55.8 Å². The van der Waals surface area contributed by atoms with Crippen LogP contribution in [0.15, 0.2) is 36.1 Å². The lowest BCUT2D eigenvalue weighted by atomic mass is 10.00. The summed E-state index contributed by atoms with van der Waals surface area (Å²) in [6, 6.07) is 7.03. The van der Waals surface area contributed by atoms with Crippen LogP contribution in [-0.2, 0) is 9.53 Å². The lowest BCUT2D eigenvalue weighted by Gasteiger charge is -2.21. The minimum Gasteiger partial charge on any atom is -0.464 e. The van der Waals surface area contributed by atoms with Gasteiger partial charge in [-0.3, -0.25) is 0 Å². The van der Waals surface area contributed by atoms with E-state index in [2.05, 4.69) is 0 Å². The van der Waals surface area contributed by atoms with Crippen LogP contribution in [0.2, 0.25) is 0 Å². The number of fused-ring (bicyclic) bond motifs is 1. The second-order valence-electron chi connectivity index (χ2n) is 3.35. The second-order valence-corrected chi connectivity index (χ2v) is 3.35. The van der Waals surface area contributed by atoms with E-state index < -0.39 is 12.1 Å². The largest absolute Gasteiger partial charge is 0.464 e. The summed E-state index contributed by atoms with van der Waals surface area (Å²) in [7, 11) is 0. The third kappa shape index (κ3) is 1.79. The van der Waals surface area contributed by atoms with Gasteiger partial charge in [-0.05, 0) is 13.0 Å². The molecule has 1 aliphatic heterocycles. The molecular formula is C12H12O4. The monoisotopic (exact) mass is 220 g/mol. The molecule has 0 saturated heterocycles. The summed E-state index contributed by atoms with van der Waals surface area (Å²) in [5.41, 5.74) is 0.702. The first-order chi connectivity index (χ1) is 7.74. The average molecular weight is 220 g/mol. The predicted octanol–water partition coefficient (Wildman–Crippen LogP) is 1.56. The van der Waals surface area contributed by atoms with Crippen LogP contribution in [0.25, 0.3) is 0 Å². The Kier molecular flexibility index (Phi) is 2.92. The minimum atomic E-state index is -0.982. The van der Waals surface area contributed by atoms with Crippen LogP contribution in [0.1, 0.15) is 18.6 Å². The summed E-state index contributed by atoms with van der Waals surface area (Å²) < 4.78 is 10.1. The van der Waals surface area contributed by atoms with Crippen LogP contribution in [0, 0.1) is 0 Å². The Bertz CT molecular complexity index is 436. The van der Waals surface area contributed by atoms with Crippen molar-refractivity contribution >= 4 is 5.97 Å². The number of para-hydroxylation sites is 1. The Labute approximate surface area is 93.1 Å². The average Bonchev–Trinajstić information content (AvgIpc) is 2.30. The summed E-state index contributed by atoms with van der Waals surface area (Å²) in [5.74, 6) is 0.00699. The van der Waals surface area contributed by atoms with Crippen molar-refractivity contribution in [1.82, 2.24) is 0 Å². The molecule has 1 aliphatic rings. The number of rotatable bonds is 2. The number of aliphatic hydroxyl groups is 1. The highest BCUT2D eigenvalue weighted by molar-refractivity contribution is 5.90. The summed E-state index contributed by atoms with van der Waals surface area (Å²) >= 11 is 0. The van der Waals surface area contributed by atoms with Crippen LogP contribution in [0.4, 0.5) is 0 Å². The maximum absolute atomic E-state index is 11.5. The van der Waals surface area contributed by atoms with Gasteiger partial charge in [-0.25, -0.2) is 4.79 Å². The Balaban J connectivity index is 2.28. The number of hydrogen-bond donors (Lipinski definition) is 1. The van der Waals surface area contributed by atoms with E-state index in [1.165, 1.54) is 6.26 Å². The molecule has 0 bridgehead atoms. The first kappa shape index (κ1) is 10.7. The zero-order chi connectivity index (χ0) is 11.5. The van der Waals surface area contributed by atoms with Crippen LogP contribution < -0.4 is 4.74 Å². The van der Waals surface area contributed by atoms with E-state index in [1.807, 2.05) is 0 Å². The highest BCUT2D eigenvalue weighted by Gasteiger charge is 2.28. The molecule has 0 aliphatic carbocycles. The van der Waals surface area contributed by atoms with Gasteiger partial charge >= 0.3 is 5.97 Å². The number of esters is 1. The van der Waals surface area contributed by atoms with E-state index in [4.69, 9.17) is 9.47 Å². The molecule has 0 amide bonds. The molecule has 1 aromatic carbocycles. The highest BCUT2D eigenvalue weighted by atomic mass is 16.5. The zero-order valence-electron chi connectivity index (χ0n) is 8.84. The fourth-order valence-corrected chi connectivity index (χ4v) is 1.55. The molecule has 0 fully saturated rings. The molecule has 1 aromatic rings. The summed E-state index contributed by atoms with van der Waals surface area (Å²) in [6.45, 7) is 1.98. The molecule has 0 unspecified atom stereocenters. The van der Waals surface area contributed by atoms with E-state index in [0.29, 0.717) is 11.3 Å². The van der Waals surface area contributed by atoms with E-state index in [0.717, 1.165) is 0 Å². The van der Waals surface area contributed by atoms with Gasteiger partial charge in [-0.15, -0.1) is 0 Å². The fourth-order valence-electron chi connectivity index (χ4n) is 1.55. The van der Waals surface area contributed by atoms with Crippen LogP contribution in [0.3, 0.4) is 0 Å². The van der Waals surface area contributed by atoms with Crippen molar-refractivity contribution in [3.8, 4) is 5.75 Å². The molecule has 4 nitrogen and oxygen atoms in total. The molecule has 0 spiro atoms. The first-order valence-electron chi connectivity index (χ1n) is 5.05. The van der Waals surface area contributed by atoms with Crippen molar-refractivity contribution in [3.05, 3.63) is 41.7 Å². The van der Waals surface area contributed by atoms with Crippen LogP contribution in [0.5, 0.6) is 5.75 Å². The molecule has 0 aromatic heterocycles. The Morgan fingerprint density at radius 2 is 2.25 bits per heavy atom. The Hall–Kier alpha value is -1.81. The van der Waals surface area contributed by atoms with Gasteiger partial charge in [0.05, 0.1) is 6.61 Å². The molecule has 84 valence electrons. The van der Waals surface area contributed by atoms with Gasteiger partial charge in [0.25, 0.3) is 0 Å². The quantitative estimate of drug-likeness (QED) is 0.768. The van der Waals surface area contributed by atoms with Crippen molar-refractivity contribution in [3.63, 3.8) is 0 Å². The number of carbonyl (C=O) groups is 1. The summed E-state index contributed by atoms with van der Waals surface area (Å²) in [4.78, 5) is 11.5. The smallest absolute Gasteiger partial charge is 0.340 e. The van der Waals surface area contributed by atoms with Gasteiger partial charge in [0.15, 0.2) is 0 Å². The number of carbonyl (C=O) groups excluding carboxylic acids is 1. The van der Waals surface area contributed by atoms with Gasteiger partial charge in [-0.2, -0.15) is 0 Å². The van der Waals surface area contributed by atoms with Gasteiger partial charge in [0.1, 0.15) is 23.7 Å². The van der Waals surface area contributed by atoms with Crippen molar-refractivity contribution < 1.29 is 19.4 Å². The van der Waals surface area contributed by atoms with Crippen molar-refractivity contribution in [1.29, 1.82) is 0 Å². The minimum absolute atomic E-state index is 0.126. The molecule has 16 heavy (non-hydrogen) atoms. The standard InChI is InChI=1S/C12H12O4/c1-2-15-12(14)9-7-16-10-6-4-3-5-8(10)11(9)13/h3-7,11,13H,2H2,1H3/t11-/m0/s1. The van der Waals surface area contributed by atoms with Crippen molar-refractivity contribution in [2.45, 2.75) is 13.0 Å². The third-order valence-electron chi connectivity index (χ3n) is 2.33. The number of hydrogen-bond acceptors (Lipinski definition) is 4. The summed E-state index contributed by atoms with van der Waals surface area (Å²) in [5, 5.41) is 9.97. The maximum atomic E-state index is 11.5. The van der Waals surface area contributed by atoms with Gasteiger partial charge < -0.3 is 14.6 Å². The van der Waals surface area contributed by atoms with E-state index in [1.54, 1.807) is 31.2 Å². The van der Waals surface area contributed by atoms with Crippen LogP contribution >= 0.6 is 0 Å².